The lowest BCUT2D eigenvalue weighted by atomic mass is 9.99. The van der Waals surface area contributed by atoms with Gasteiger partial charge in [0.2, 0.25) is 0 Å². The molecule has 1 rings (SSSR count). The van der Waals surface area contributed by atoms with Crippen molar-refractivity contribution in [2.24, 2.45) is 0 Å². The van der Waals surface area contributed by atoms with E-state index in [1.54, 1.807) is 0 Å². The third-order valence-corrected chi connectivity index (χ3v) is 3.09. The van der Waals surface area contributed by atoms with Crippen LogP contribution in [0.2, 0.25) is 0 Å². The third kappa shape index (κ3) is 5.76. The minimum atomic E-state index is -0.165. The molecule has 116 valence electrons. The van der Waals surface area contributed by atoms with Crippen LogP contribution in [0, 0.1) is 0 Å². The molecule has 0 saturated heterocycles. The fourth-order valence-electron chi connectivity index (χ4n) is 2.09. The van der Waals surface area contributed by atoms with E-state index in [2.05, 4.69) is 52.8 Å². The van der Waals surface area contributed by atoms with Gasteiger partial charge in [0.15, 0.2) is 6.29 Å². The Labute approximate surface area is 129 Å². The first-order chi connectivity index (χ1) is 9.97. The minimum Gasteiger partial charge on any atom is -0.465 e. The van der Waals surface area contributed by atoms with Crippen LogP contribution >= 0.6 is 0 Å². The molecule has 0 saturated carbocycles. The Morgan fingerprint density at radius 2 is 1.67 bits per heavy atom. The van der Waals surface area contributed by atoms with Crippen molar-refractivity contribution in [2.45, 2.75) is 54.3 Å². The summed E-state index contributed by atoms with van der Waals surface area (Å²) in [5.41, 5.74) is 5.10. The zero-order valence-electron chi connectivity index (χ0n) is 14.2. The molecule has 21 heavy (non-hydrogen) atoms. The second-order valence-electron chi connectivity index (χ2n) is 5.57. The molecular formula is C19H28O2. The molecule has 0 aromatic heterocycles. The van der Waals surface area contributed by atoms with Crippen LogP contribution in [0.5, 0.6) is 5.75 Å². The van der Waals surface area contributed by atoms with Crippen LogP contribution in [0.1, 0.15) is 53.5 Å². The SMILES string of the molecule is CCOC(CC)Oc1ccc(C(C=C(C)C)=C(C)C)cc1. The molecule has 1 aromatic carbocycles. The molecule has 1 atom stereocenters. The first-order valence-electron chi connectivity index (χ1n) is 7.69. The van der Waals surface area contributed by atoms with Gasteiger partial charge in [-0.2, -0.15) is 0 Å². The average Bonchev–Trinajstić information content (AvgIpc) is 2.44. The summed E-state index contributed by atoms with van der Waals surface area (Å²) in [6.45, 7) is 13.2. The fraction of sp³-hybridized carbons (Fsp3) is 0.474. The number of hydrogen-bond acceptors (Lipinski definition) is 2. The zero-order chi connectivity index (χ0) is 15.8. The van der Waals surface area contributed by atoms with Crippen LogP contribution in [0.15, 0.2) is 41.5 Å². The standard InChI is InChI=1S/C19H28O2/c1-7-19(20-8-2)21-17-11-9-16(10-12-17)18(15(5)6)13-14(3)4/h9-13,19H,7-8H2,1-6H3. The van der Waals surface area contributed by atoms with Gasteiger partial charge in [-0.25, -0.2) is 0 Å². The Balaban J connectivity index is 2.91. The maximum atomic E-state index is 5.83. The Bertz CT molecular complexity index is 487. The van der Waals surface area contributed by atoms with Crippen molar-refractivity contribution in [1.29, 1.82) is 0 Å². The maximum absolute atomic E-state index is 5.83. The van der Waals surface area contributed by atoms with Crippen molar-refractivity contribution in [1.82, 2.24) is 0 Å². The smallest absolute Gasteiger partial charge is 0.199 e. The largest absolute Gasteiger partial charge is 0.465 e. The van der Waals surface area contributed by atoms with Gasteiger partial charge in [0.25, 0.3) is 0 Å². The Hall–Kier alpha value is -1.54. The van der Waals surface area contributed by atoms with E-state index in [1.165, 1.54) is 22.3 Å². The molecule has 0 heterocycles. The molecule has 2 nitrogen and oxygen atoms in total. The van der Waals surface area contributed by atoms with Gasteiger partial charge in [-0.05, 0) is 57.9 Å². The first kappa shape index (κ1) is 17.5. The molecule has 0 fully saturated rings. The van der Waals surface area contributed by atoms with E-state index in [0.717, 1.165) is 12.2 Å². The Kier molecular flexibility index (Phi) is 7.24. The van der Waals surface area contributed by atoms with Gasteiger partial charge in [-0.1, -0.05) is 36.3 Å². The molecule has 0 aliphatic carbocycles. The molecule has 0 amide bonds. The van der Waals surface area contributed by atoms with Crippen molar-refractivity contribution in [2.75, 3.05) is 6.61 Å². The first-order valence-corrected chi connectivity index (χ1v) is 7.69. The van der Waals surface area contributed by atoms with Gasteiger partial charge in [0, 0.05) is 13.0 Å². The van der Waals surface area contributed by atoms with Crippen LogP contribution in [0.4, 0.5) is 0 Å². The van der Waals surface area contributed by atoms with Gasteiger partial charge in [-0.3, -0.25) is 0 Å². The van der Waals surface area contributed by atoms with E-state index < -0.39 is 0 Å². The third-order valence-electron chi connectivity index (χ3n) is 3.09. The molecule has 0 N–H and O–H groups in total. The molecule has 2 heteroatoms. The second-order valence-corrected chi connectivity index (χ2v) is 5.57. The highest BCUT2D eigenvalue weighted by atomic mass is 16.7. The number of allylic oxidation sites excluding steroid dienone is 4. The van der Waals surface area contributed by atoms with Gasteiger partial charge < -0.3 is 9.47 Å². The van der Waals surface area contributed by atoms with Crippen molar-refractivity contribution >= 4 is 5.57 Å². The predicted octanol–water partition coefficient (Wildman–Crippen LogP) is 5.60. The highest BCUT2D eigenvalue weighted by molar-refractivity contribution is 5.76. The lowest BCUT2D eigenvalue weighted by Gasteiger charge is -2.17. The van der Waals surface area contributed by atoms with Crippen molar-refractivity contribution in [3.8, 4) is 5.75 Å². The van der Waals surface area contributed by atoms with Crippen LogP contribution in [0.25, 0.3) is 5.57 Å². The molecular weight excluding hydrogens is 260 g/mol. The van der Waals surface area contributed by atoms with Crippen LogP contribution in [0.3, 0.4) is 0 Å². The lowest BCUT2D eigenvalue weighted by Crippen LogP contribution is -2.19. The maximum Gasteiger partial charge on any atom is 0.199 e. The Morgan fingerprint density at radius 1 is 1.05 bits per heavy atom. The van der Waals surface area contributed by atoms with E-state index >= 15 is 0 Å². The van der Waals surface area contributed by atoms with Crippen LogP contribution < -0.4 is 4.74 Å². The second kappa shape index (κ2) is 8.68. The molecule has 0 aliphatic heterocycles. The van der Waals surface area contributed by atoms with E-state index in [-0.39, 0.29) is 6.29 Å². The van der Waals surface area contributed by atoms with Crippen molar-refractivity contribution in [3.63, 3.8) is 0 Å². The summed E-state index contributed by atoms with van der Waals surface area (Å²) in [5, 5.41) is 0. The van der Waals surface area contributed by atoms with Crippen molar-refractivity contribution < 1.29 is 9.47 Å². The van der Waals surface area contributed by atoms with E-state index in [4.69, 9.17) is 9.47 Å². The van der Waals surface area contributed by atoms with Gasteiger partial charge in [0.1, 0.15) is 5.75 Å². The van der Waals surface area contributed by atoms with E-state index in [0.29, 0.717) is 6.61 Å². The molecule has 0 spiro atoms. The van der Waals surface area contributed by atoms with Crippen LogP contribution in [-0.4, -0.2) is 12.9 Å². The molecule has 1 unspecified atom stereocenters. The average molecular weight is 288 g/mol. The van der Waals surface area contributed by atoms with Gasteiger partial charge in [0.05, 0.1) is 0 Å². The normalized spacial score (nSPS) is 11.7. The number of benzene rings is 1. The summed E-state index contributed by atoms with van der Waals surface area (Å²) in [6.07, 6.45) is 2.90. The summed E-state index contributed by atoms with van der Waals surface area (Å²) in [7, 11) is 0. The number of rotatable bonds is 7. The quantitative estimate of drug-likeness (QED) is 0.480. The summed E-state index contributed by atoms with van der Waals surface area (Å²) < 4.78 is 11.3. The topological polar surface area (TPSA) is 18.5 Å². The predicted molar refractivity (Wildman–Crippen MR) is 90.5 cm³/mol. The van der Waals surface area contributed by atoms with Gasteiger partial charge >= 0.3 is 0 Å². The highest BCUT2D eigenvalue weighted by Crippen LogP contribution is 2.24. The van der Waals surface area contributed by atoms with E-state index in [9.17, 15) is 0 Å². The van der Waals surface area contributed by atoms with Crippen LogP contribution in [-0.2, 0) is 4.74 Å². The van der Waals surface area contributed by atoms with Gasteiger partial charge in [-0.15, -0.1) is 0 Å². The molecule has 0 aliphatic rings. The molecule has 1 aromatic rings. The Morgan fingerprint density at radius 3 is 2.10 bits per heavy atom. The summed E-state index contributed by atoms with van der Waals surface area (Å²) >= 11 is 0. The molecule has 0 radical (unpaired) electrons. The number of hydrogen-bond donors (Lipinski definition) is 0. The monoisotopic (exact) mass is 288 g/mol. The van der Waals surface area contributed by atoms with Crippen molar-refractivity contribution in [3.05, 3.63) is 47.1 Å². The minimum absolute atomic E-state index is 0.165. The zero-order valence-corrected chi connectivity index (χ0v) is 14.2. The lowest BCUT2D eigenvalue weighted by molar-refractivity contribution is -0.0766. The molecule has 0 bridgehead atoms. The summed E-state index contributed by atoms with van der Waals surface area (Å²) in [6, 6.07) is 8.24. The highest BCUT2D eigenvalue weighted by Gasteiger charge is 2.08. The fourth-order valence-corrected chi connectivity index (χ4v) is 2.09. The number of ether oxygens (including phenoxy) is 2. The summed E-state index contributed by atoms with van der Waals surface area (Å²) in [5.74, 6) is 0.851. The summed E-state index contributed by atoms with van der Waals surface area (Å²) in [4.78, 5) is 0. The van der Waals surface area contributed by atoms with E-state index in [1.807, 2.05) is 19.1 Å².